The molecule has 2 heterocycles. The number of halogens is 1. The van der Waals surface area contributed by atoms with Crippen molar-refractivity contribution in [2.75, 3.05) is 5.32 Å². The van der Waals surface area contributed by atoms with Gasteiger partial charge in [0.1, 0.15) is 11.0 Å². The van der Waals surface area contributed by atoms with E-state index in [0.717, 1.165) is 5.69 Å². The molecule has 2 aromatic heterocycles. The van der Waals surface area contributed by atoms with Gasteiger partial charge in [-0.2, -0.15) is 10.4 Å². The number of hydrogen-bond acceptors (Lipinski definition) is 4. The summed E-state index contributed by atoms with van der Waals surface area (Å²) >= 11 is 5.79. The monoisotopic (exact) mass is 247 g/mol. The van der Waals surface area contributed by atoms with E-state index in [1.165, 1.54) is 6.07 Å². The molecule has 0 saturated heterocycles. The molecule has 0 aliphatic carbocycles. The minimum absolute atomic E-state index is 0.299. The van der Waals surface area contributed by atoms with E-state index in [4.69, 9.17) is 16.9 Å². The highest BCUT2D eigenvalue weighted by Gasteiger charge is 2.02. The van der Waals surface area contributed by atoms with Crippen LogP contribution < -0.4 is 5.32 Å². The van der Waals surface area contributed by atoms with E-state index in [1.54, 1.807) is 10.7 Å². The molecule has 0 amide bonds. The second kappa shape index (κ2) is 4.85. The third-order valence-electron chi connectivity index (χ3n) is 2.14. The van der Waals surface area contributed by atoms with Gasteiger partial charge in [-0.15, -0.1) is 0 Å². The van der Waals surface area contributed by atoms with Crippen LogP contribution in [-0.2, 0) is 13.6 Å². The summed E-state index contributed by atoms with van der Waals surface area (Å²) in [5.41, 5.74) is 1.38. The molecule has 0 bridgehead atoms. The van der Waals surface area contributed by atoms with E-state index in [-0.39, 0.29) is 0 Å². The second-order valence-electron chi connectivity index (χ2n) is 3.51. The molecule has 1 N–H and O–H groups in total. The first-order valence-electron chi connectivity index (χ1n) is 4.97. The first-order chi connectivity index (χ1) is 8.17. The topological polar surface area (TPSA) is 66.5 Å². The lowest BCUT2D eigenvalue weighted by atomic mass is 10.3. The number of rotatable bonds is 3. The molecule has 0 atom stereocenters. The van der Waals surface area contributed by atoms with Crippen LogP contribution in [-0.4, -0.2) is 14.8 Å². The number of pyridine rings is 1. The number of aromatic nitrogens is 3. The van der Waals surface area contributed by atoms with Crippen LogP contribution >= 0.6 is 11.6 Å². The number of nitriles is 1. The number of aryl methyl sites for hydroxylation is 1. The molecule has 5 nitrogen and oxygen atoms in total. The van der Waals surface area contributed by atoms with Crippen LogP contribution in [0.3, 0.4) is 0 Å². The van der Waals surface area contributed by atoms with E-state index in [9.17, 15) is 0 Å². The molecule has 6 heteroatoms. The largest absolute Gasteiger partial charge is 0.364 e. The van der Waals surface area contributed by atoms with Gasteiger partial charge in [-0.05, 0) is 18.2 Å². The van der Waals surface area contributed by atoms with Gasteiger partial charge in [-0.1, -0.05) is 11.6 Å². The highest BCUT2D eigenvalue weighted by molar-refractivity contribution is 6.29. The minimum atomic E-state index is 0.299. The Labute approximate surface area is 104 Å². The zero-order valence-corrected chi connectivity index (χ0v) is 9.94. The Bertz CT molecular complexity index is 569. The third kappa shape index (κ3) is 2.95. The van der Waals surface area contributed by atoms with E-state index >= 15 is 0 Å². The predicted octanol–water partition coefficient (Wildman–Crippen LogP) is 1.95. The van der Waals surface area contributed by atoms with Crippen molar-refractivity contribution in [1.82, 2.24) is 14.8 Å². The molecule has 0 spiro atoms. The van der Waals surface area contributed by atoms with Gasteiger partial charge in [0, 0.05) is 13.2 Å². The van der Waals surface area contributed by atoms with Crippen molar-refractivity contribution in [2.45, 2.75) is 6.54 Å². The molecule has 86 valence electrons. The first-order valence-corrected chi connectivity index (χ1v) is 5.35. The SMILES string of the molecule is Cn1ccc(CNc2cc(C#N)cc(Cl)n2)n1. The van der Waals surface area contributed by atoms with Crippen molar-refractivity contribution in [3.05, 3.63) is 40.8 Å². The maximum absolute atomic E-state index is 8.80. The Hall–Kier alpha value is -2.06. The van der Waals surface area contributed by atoms with Gasteiger partial charge >= 0.3 is 0 Å². The molecule has 0 radical (unpaired) electrons. The second-order valence-corrected chi connectivity index (χ2v) is 3.90. The van der Waals surface area contributed by atoms with Gasteiger partial charge < -0.3 is 5.32 Å². The molecule has 2 aromatic rings. The van der Waals surface area contributed by atoms with E-state index in [1.807, 2.05) is 25.4 Å². The summed E-state index contributed by atoms with van der Waals surface area (Å²) in [7, 11) is 1.86. The van der Waals surface area contributed by atoms with Crippen molar-refractivity contribution in [3.63, 3.8) is 0 Å². The van der Waals surface area contributed by atoms with Crippen LogP contribution in [0.5, 0.6) is 0 Å². The smallest absolute Gasteiger partial charge is 0.132 e. The van der Waals surface area contributed by atoms with Crippen molar-refractivity contribution < 1.29 is 0 Å². The summed E-state index contributed by atoms with van der Waals surface area (Å²) < 4.78 is 1.73. The minimum Gasteiger partial charge on any atom is -0.364 e. The Morgan fingerprint density at radius 3 is 3.00 bits per heavy atom. The molecule has 0 saturated carbocycles. The maximum atomic E-state index is 8.80. The summed E-state index contributed by atoms with van der Waals surface area (Å²) in [4.78, 5) is 4.07. The fourth-order valence-corrected chi connectivity index (χ4v) is 1.60. The average molecular weight is 248 g/mol. The third-order valence-corrected chi connectivity index (χ3v) is 2.34. The van der Waals surface area contributed by atoms with E-state index in [0.29, 0.717) is 23.1 Å². The van der Waals surface area contributed by atoms with Gasteiger partial charge in [0.15, 0.2) is 0 Å². The predicted molar refractivity (Wildman–Crippen MR) is 64.5 cm³/mol. The van der Waals surface area contributed by atoms with E-state index in [2.05, 4.69) is 15.4 Å². The lowest BCUT2D eigenvalue weighted by molar-refractivity contribution is 0.747. The number of anilines is 1. The number of hydrogen-bond donors (Lipinski definition) is 1. The summed E-state index contributed by atoms with van der Waals surface area (Å²) in [6.07, 6.45) is 1.86. The summed E-state index contributed by atoms with van der Waals surface area (Å²) in [5, 5.41) is 16.4. The number of nitrogens with one attached hydrogen (secondary N) is 1. The number of nitrogens with zero attached hydrogens (tertiary/aromatic N) is 4. The van der Waals surface area contributed by atoms with Crippen LogP contribution in [0.4, 0.5) is 5.82 Å². The molecule has 0 fully saturated rings. The summed E-state index contributed by atoms with van der Waals surface area (Å²) in [5.74, 6) is 0.569. The zero-order chi connectivity index (χ0) is 12.3. The first kappa shape index (κ1) is 11.4. The summed E-state index contributed by atoms with van der Waals surface area (Å²) in [6.45, 7) is 0.541. The average Bonchev–Trinajstić information content (AvgIpc) is 2.72. The molecule has 0 aliphatic heterocycles. The van der Waals surface area contributed by atoms with Gasteiger partial charge in [-0.25, -0.2) is 4.98 Å². The zero-order valence-electron chi connectivity index (χ0n) is 9.18. The van der Waals surface area contributed by atoms with Gasteiger partial charge in [0.2, 0.25) is 0 Å². The Balaban J connectivity index is 2.09. The molecular formula is C11H10ClN5. The van der Waals surface area contributed by atoms with Crippen molar-refractivity contribution in [3.8, 4) is 6.07 Å². The normalized spacial score (nSPS) is 9.94. The Morgan fingerprint density at radius 1 is 1.53 bits per heavy atom. The van der Waals surface area contributed by atoms with Crippen LogP contribution in [0.2, 0.25) is 5.15 Å². The van der Waals surface area contributed by atoms with Crippen molar-refractivity contribution >= 4 is 17.4 Å². The fraction of sp³-hybridized carbons (Fsp3) is 0.182. The summed E-state index contributed by atoms with van der Waals surface area (Å²) in [6, 6.07) is 7.10. The standard InChI is InChI=1S/C11H10ClN5/c1-17-3-2-9(16-17)7-14-11-5-8(6-13)4-10(12)15-11/h2-5H,7H2,1H3,(H,14,15). The molecule has 17 heavy (non-hydrogen) atoms. The fourth-order valence-electron chi connectivity index (χ4n) is 1.39. The molecule has 0 unspecified atom stereocenters. The van der Waals surface area contributed by atoms with Gasteiger partial charge in [0.05, 0.1) is 23.9 Å². The van der Waals surface area contributed by atoms with E-state index < -0.39 is 0 Å². The van der Waals surface area contributed by atoms with Crippen LogP contribution in [0.1, 0.15) is 11.3 Å². The molecule has 2 rings (SSSR count). The van der Waals surface area contributed by atoms with Crippen LogP contribution in [0, 0.1) is 11.3 Å². The highest BCUT2D eigenvalue weighted by Crippen LogP contribution is 2.14. The Kier molecular flexibility index (Phi) is 3.26. The highest BCUT2D eigenvalue weighted by atomic mass is 35.5. The molecule has 0 aliphatic rings. The maximum Gasteiger partial charge on any atom is 0.132 e. The van der Waals surface area contributed by atoms with Crippen LogP contribution in [0.25, 0.3) is 0 Å². The van der Waals surface area contributed by atoms with Crippen LogP contribution in [0.15, 0.2) is 24.4 Å². The molecule has 0 aromatic carbocycles. The Morgan fingerprint density at radius 2 is 2.35 bits per heavy atom. The lowest BCUT2D eigenvalue weighted by Crippen LogP contribution is -2.03. The van der Waals surface area contributed by atoms with Crippen molar-refractivity contribution in [1.29, 1.82) is 5.26 Å². The van der Waals surface area contributed by atoms with Gasteiger partial charge in [0.25, 0.3) is 0 Å². The quantitative estimate of drug-likeness (QED) is 0.842. The molecular weight excluding hydrogens is 238 g/mol. The lowest BCUT2D eigenvalue weighted by Gasteiger charge is -2.04. The van der Waals surface area contributed by atoms with Crippen molar-refractivity contribution in [2.24, 2.45) is 7.05 Å². The van der Waals surface area contributed by atoms with Gasteiger partial charge in [-0.3, -0.25) is 4.68 Å².